The molecule has 0 spiro atoms. The zero-order valence-corrected chi connectivity index (χ0v) is 19.5. The van der Waals surface area contributed by atoms with Gasteiger partial charge in [-0.2, -0.15) is 26.3 Å². The van der Waals surface area contributed by atoms with E-state index in [2.05, 4.69) is 9.97 Å². The minimum atomic E-state index is -4.53. The van der Waals surface area contributed by atoms with Gasteiger partial charge in [-0.15, -0.1) is 0 Å². The molecule has 0 saturated carbocycles. The molecule has 3 aromatic rings. The van der Waals surface area contributed by atoms with E-state index in [1.807, 2.05) is 0 Å². The third-order valence-electron chi connectivity index (χ3n) is 5.94. The number of imidazole rings is 1. The number of aromatic nitrogens is 2. The molecule has 12 heteroatoms. The van der Waals surface area contributed by atoms with Crippen molar-refractivity contribution in [3.05, 3.63) is 59.7 Å². The van der Waals surface area contributed by atoms with Gasteiger partial charge < -0.3 is 14.8 Å². The van der Waals surface area contributed by atoms with Crippen molar-refractivity contribution in [1.29, 1.82) is 0 Å². The number of carbonyl (C=O) groups excluding carboxylic acids is 1. The second kappa shape index (κ2) is 9.47. The van der Waals surface area contributed by atoms with E-state index in [1.165, 1.54) is 31.2 Å². The lowest BCUT2D eigenvalue weighted by atomic mass is 9.86. The van der Waals surface area contributed by atoms with E-state index >= 15 is 0 Å². The molecule has 1 aliphatic rings. The first-order chi connectivity index (χ1) is 16.8. The SMILES string of the molecule is CC1(O)CCOC(=O)C1CSc1nc(-c2ccc(C(F)(F)F)cc2)c(-c2ccc(C(F)(F)F)cc2)[nH]1. The number of cyclic esters (lactones) is 1. The molecule has 0 bridgehead atoms. The number of benzene rings is 2. The topological polar surface area (TPSA) is 75.2 Å². The molecule has 1 saturated heterocycles. The molecule has 2 heterocycles. The van der Waals surface area contributed by atoms with Gasteiger partial charge in [0.05, 0.1) is 40.6 Å². The average Bonchev–Trinajstić information content (AvgIpc) is 3.21. The van der Waals surface area contributed by atoms with Crippen LogP contribution in [0.15, 0.2) is 53.7 Å². The normalized spacial score (nSPS) is 20.9. The van der Waals surface area contributed by atoms with Crippen LogP contribution in [0.25, 0.3) is 22.5 Å². The average molecular weight is 530 g/mol. The summed E-state index contributed by atoms with van der Waals surface area (Å²) in [6.07, 6.45) is -8.81. The van der Waals surface area contributed by atoms with Crippen LogP contribution < -0.4 is 0 Å². The summed E-state index contributed by atoms with van der Waals surface area (Å²) in [6, 6.07) is 8.51. The monoisotopic (exact) mass is 530 g/mol. The summed E-state index contributed by atoms with van der Waals surface area (Å²) >= 11 is 1.08. The highest BCUT2D eigenvalue weighted by Gasteiger charge is 2.42. The molecule has 1 aliphatic heterocycles. The predicted molar refractivity (Wildman–Crippen MR) is 120 cm³/mol. The Morgan fingerprint density at radius 1 is 1.00 bits per heavy atom. The van der Waals surface area contributed by atoms with Crippen molar-refractivity contribution in [1.82, 2.24) is 9.97 Å². The summed E-state index contributed by atoms with van der Waals surface area (Å²) < 4.78 is 83.0. The summed E-state index contributed by atoms with van der Waals surface area (Å²) in [5.41, 5.74) is -1.83. The number of alkyl halides is 6. The number of hydrogen-bond acceptors (Lipinski definition) is 5. The Balaban J connectivity index is 1.69. The van der Waals surface area contributed by atoms with Crippen LogP contribution >= 0.6 is 11.8 Å². The van der Waals surface area contributed by atoms with Gasteiger partial charge in [0.1, 0.15) is 0 Å². The number of nitrogens with one attached hydrogen (secondary N) is 1. The van der Waals surface area contributed by atoms with Gasteiger partial charge in [-0.05, 0) is 31.2 Å². The van der Waals surface area contributed by atoms with Crippen LogP contribution in [0.2, 0.25) is 0 Å². The highest BCUT2D eigenvalue weighted by molar-refractivity contribution is 7.99. The molecule has 2 aromatic carbocycles. The van der Waals surface area contributed by atoms with E-state index in [0.717, 1.165) is 36.0 Å². The Morgan fingerprint density at radius 3 is 2.03 bits per heavy atom. The lowest BCUT2D eigenvalue weighted by Crippen LogP contribution is -2.47. The molecule has 36 heavy (non-hydrogen) atoms. The van der Waals surface area contributed by atoms with Gasteiger partial charge in [0.15, 0.2) is 5.16 Å². The number of H-pyrrole nitrogens is 1. The van der Waals surface area contributed by atoms with Gasteiger partial charge in [0.25, 0.3) is 0 Å². The number of rotatable bonds is 5. The van der Waals surface area contributed by atoms with E-state index in [0.29, 0.717) is 16.8 Å². The molecule has 2 atom stereocenters. The maximum absolute atomic E-state index is 13.0. The molecular formula is C24H20F6N2O3S. The molecule has 0 amide bonds. The zero-order valence-electron chi connectivity index (χ0n) is 18.7. The third-order valence-corrected chi connectivity index (χ3v) is 6.91. The van der Waals surface area contributed by atoms with Crippen LogP contribution in [0.5, 0.6) is 0 Å². The van der Waals surface area contributed by atoms with E-state index < -0.39 is 41.0 Å². The molecule has 1 aromatic heterocycles. The largest absolute Gasteiger partial charge is 0.465 e. The second-order valence-corrected chi connectivity index (χ2v) is 9.56. The number of hydrogen-bond donors (Lipinski definition) is 2. The minimum Gasteiger partial charge on any atom is -0.465 e. The molecule has 2 N–H and O–H groups in total. The van der Waals surface area contributed by atoms with Crippen molar-refractivity contribution in [3.63, 3.8) is 0 Å². The maximum atomic E-state index is 13.0. The summed E-state index contributed by atoms with van der Waals surface area (Å²) in [5.74, 6) is -1.31. The Labute approximate surface area is 205 Å². The maximum Gasteiger partial charge on any atom is 0.416 e. The van der Waals surface area contributed by atoms with Crippen LogP contribution in [-0.4, -0.2) is 39.0 Å². The zero-order chi connectivity index (χ0) is 26.3. The second-order valence-electron chi connectivity index (χ2n) is 8.55. The quantitative estimate of drug-likeness (QED) is 0.234. The van der Waals surface area contributed by atoms with E-state index in [9.17, 15) is 36.2 Å². The van der Waals surface area contributed by atoms with Gasteiger partial charge >= 0.3 is 18.3 Å². The number of esters is 1. The first-order valence-electron chi connectivity index (χ1n) is 10.7. The lowest BCUT2D eigenvalue weighted by molar-refractivity contribution is -0.168. The molecule has 5 nitrogen and oxygen atoms in total. The Hall–Kier alpha value is -2.99. The summed E-state index contributed by atoms with van der Waals surface area (Å²) in [4.78, 5) is 19.6. The summed E-state index contributed by atoms with van der Waals surface area (Å²) in [5, 5.41) is 10.8. The Morgan fingerprint density at radius 2 is 1.53 bits per heavy atom. The fourth-order valence-electron chi connectivity index (χ4n) is 3.78. The number of nitrogens with zero attached hydrogens (tertiary/aromatic N) is 1. The van der Waals surface area contributed by atoms with E-state index in [1.54, 1.807) is 0 Å². The molecule has 0 aliphatic carbocycles. The Bertz CT molecular complexity index is 1160. The number of ether oxygens (including phenoxy) is 1. The van der Waals surface area contributed by atoms with Crippen LogP contribution in [-0.2, 0) is 21.9 Å². The van der Waals surface area contributed by atoms with E-state index in [-0.39, 0.29) is 29.6 Å². The number of aromatic amines is 1. The smallest absolute Gasteiger partial charge is 0.416 e. The number of aliphatic hydroxyl groups is 1. The fourth-order valence-corrected chi connectivity index (χ4v) is 4.93. The van der Waals surface area contributed by atoms with Crippen LogP contribution in [0, 0.1) is 5.92 Å². The predicted octanol–water partition coefficient (Wildman–Crippen LogP) is 6.19. The number of thioether (sulfide) groups is 1. The van der Waals surface area contributed by atoms with E-state index in [4.69, 9.17) is 4.74 Å². The molecule has 2 unspecified atom stereocenters. The minimum absolute atomic E-state index is 0.0955. The van der Waals surface area contributed by atoms with Crippen molar-refractivity contribution in [2.75, 3.05) is 12.4 Å². The van der Waals surface area contributed by atoms with Gasteiger partial charge in [-0.1, -0.05) is 36.0 Å². The molecule has 0 radical (unpaired) electrons. The van der Waals surface area contributed by atoms with Crippen molar-refractivity contribution in [2.24, 2.45) is 5.92 Å². The highest BCUT2D eigenvalue weighted by atomic mass is 32.2. The van der Waals surface area contributed by atoms with Crippen LogP contribution in [0.3, 0.4) is 0 Å². The van der Waals surface area contributed by atoms with Crippen LogP contribution in [0.4, 0.5) is 26.3 Å². The summed E-state index contributed by atoms with van der Waals surface area (Å²) in [7, 11) is 0. The standard InChI is InChI=1S/C24H20F6N2O3S/c1-22(34)10-11-35-20(33)17(22)12-36-21-31-18(13-2-6-15(7-3-13)23(25,26)27)19(32-21)14-4-8-16(9-5-14)24(28,29)30/h2-9,17,34H,10-12H2,1H3,(H,31,32). The molecular weight excluding hydrogens is 510 g/mol. The van der Waals surface area contributed by atoms with Crippen molar-refractivity contribution in [3.8, 4) is 22.5 Å². The third kappa shape index (κ3) is 5.54. The van der Waals surface area contributed by atoms with Gasteiger partial charge in [0, 0.05) is 23.3 Å². The summed E-state index contributed by atoms with van der Waals surface area (Å²) in [6.45, 7) is 1.63. The Kier molecular flexibility index (Phi) is 6.86. The molecule has 1 fully saturated rings. The van der Waals surface area contributed by atoms with Gasteiger partial charge in [-0.3, -0.25) is 4.79 Å². The van der Waals surface area contributed by atoms with Crippen LogP contribution in [0.1, 0.15) is 24.5 Å². The van der Waals surface area contributed by atoms with Crippen molar-refractivity contribution in [2.45, 2.75) is 36.5 Å². The number of carbonyl (C=O) groups is 1. The number of halogens is 6. The first-order valence-corrected chi connectivity index (χ1v) is 11.7. The van der Waals surface area contributed by atoms with Gasteiger partial charge in [-0.25, -0.2) is 4.98 Å². The highest BCUT2D eigenvalue weighted by Crippen LogP contribution is 2.38. The van der Waals surface area contributed by atoms with Crippen molar-refractivity contribution < 1.29 is 41.0 Å². The molecule has 192 valence electrons. The first kappa shape index (κ1) is 26.1. The lowest BCUT2D eigenvalue weighted by Gasteiger charge is -2.34. The molecule has 4 rings (SSSR count). The van der Waals surface area contributed by atoms with Crippen molar-refractivity contribution >= 4 is 17.7 Å². The fraction of sp³-hybridized carbons (Fsp3) is 0.333. The van der Waals surface area contributed by atoms with Gasteiger partial charge in [0.2, 0.25) is 0 Å².